The number of carbonyl (C=O) groups is 1. The Hall–Kier alpha value is -2.68. The highest BCUT2D eigenvalue weighted by Crippen LogP contribution is 2.50. The van der Waals surface area contributed by atoms with Gasteiger partial charge in [0.25, 0.3) is 0 Å². The van der Waals surface area contributed by atoms with Crippen LogP contribution in [0.5, 0.6) is 0 Å². The number of anilines is 2. The molecule has 1 fully saturated rings. The fourth-order valence-corrected chi connectivity index (χ4v) is 3.94. The smallest absolute Gasteiger partial charge is 0.306 e. The van der Waals surface area contributed by atoms with Gasteiger partial charge in [-0.2, -0.15) is 9.97 Å². The van der Waals surface area contributed by atoms with Crippen molar-refractivity contribution in [1.82, 2.24) is 19.5 Å². The minimum absolute atomic E-state index is 0.0280. The highest BCUT2D eigenvalue weighted by atomic mass is 16.6. The molecule has 0 unspecified atom stereocenters. The zero-order valence-electron chi connectivity index (χ0n) is 17.7. The van der Waals surface area contributed by atoms with Gasteiger partial charge < -0.3 is 20.5 Å². The van der Waals surface area contributed by atoms with Gasteiger partial charge in [0.15, 0.2) is 17.0 Å². The molecule has 3 atom stereocenters. The number of carbonyl (C=O) groups excluding carboxylic acids is 1. The van der Waals surface area contributed by atoms with E-state index in [9.17, 15) is 4.79 Å². The van der Waals surface area contributed by atoms with Gasteiger partial charge in [-0.25, -0.2) is 4.98 Å². The van der Waals surface area contributed by atoms with Gasteiger partial charge in [0.05, 0.1) is 6.33 Å². The molecule has 29 heavy (non-hydrogen) atoms. The van der Waals surface area contributed by atoms with Crippen molar-refractivity contribution in [1.29, 1.82) is 0 Å². The van der Waals surface area contributed by atoms with Crippen molar-refractivity contribution >= 4 is 28.9 Å². The first-order chi connectivity index (χ1) is 13.7. The van der Waals surface area contributed by atoms with Gasteiger partial charge in [-0.15, -0.1) is 6.58 Å². The molecule has 2 aromatic rings. The maximum absolute atomic E-state index is 12.0. The number of hydrogen-bond donors (Lipinski definition) is 2. The SMILES string of the molecule is C=C[C@@H]1[C@@H](COC(=O)CC(C)C)O[C@@H](n2cnc3c(NC)nc(N)nc32)C1(C)C. The maximum atomic E-state index is 12.0. The molecule has 0 radical (unpaired) electrons. The van der Waals surface area contributed by atoms with Gasteiger partial charge in [0.2, 0.25) is 5.95 Å². The molecule has 158 valence electrons. The first-order valence-corrected chi connectivity index (χ1v) is 9.80. The van der Waals surface area contributed by atoms with Crippen molar-refractivity contribution in [2.45, 2.75) is 46.4 Å². The predicted molar refractivity (Wildman–Crippen MR) is 111 cm³/mol. The number of esters is 1. The molecule has 3 rings (SSSR count). The number of nitrogens with one attached hydrogen (secondary N) is 1. The summed E-state index contributed by atoms with van der Waals surface area (Å²) in [5, 5.41) is 2.99. The average molecular weight is 402 g/mol. The number of aromatic nitrogens is 4. The Morgan fingerprint density at radius 1 is 1.48 bits per heavy atom. The lowest BCUT2D eigenvalue weighted by Crippen LogP contribution is -2.30. The second-order valence-electron chi connectivity index (χ2n) is 8.40. The number of nitrogen functional groups attached to an aromatic ring is 1. The van der Waals surface area contributed by atoms with Crippen LogP contribution >= 0.6 is 0 Å². The monoisotopic (exact) mass is 402 g/mol. The summed E-state index contributed by atoms with van der Waals surface area (Å²) in [5.74, 6) is 0.704. The molecule has 9 nitrogen and oxygen atoms in total. The Morgan fingerprint density at radius 3 is 2.83 bits per heavy atom. The van der Waals surface area contributed by atoms with Gasteiger partial charge >= 0.3 is 5.97 Å². The van der Waals surface area contributed by atoms with Crippen molar-refractivity contribution in [3.63, 3.8) is 0 Å². The van der Waals surface area contributed by atoms with E-state index < -0.39 is 0 Å². The van der Waals surface area contributed by atoms with E-state index >= 15 is 0 Å². The summed E-state index contributed by atoms with van der Waals surface area (Å²) in [4.78, 5) is 25.0. The summed E-state index contributed by atoms with van der Waals surface area (Å²) in [6, 6.07) is 0. The minimum atomic E-state index is -0.386. The van der Waals surface area contributed by atoms with Crippen LogP contribution in [0, 0.1) is 17.3 Å². The van der Waals surface area contributed by atoms with E-state index in [1.807, 2.05) is 24.5 Å². The molecule has 3 N–H and O–H groups in total. The van der Waals surface area contributed by atoms with Crippen LogP contribution in [0.4, 0.5) is 11.8 Å². The Bertz CT molecular complexity index is 907. The topological polar surface area (TPSA) is 117 Å². The Morgan fingerprint density at radius 2 is 2.21 bits per heavy atom. The number of hydrogen-bond acceptors (Lipinski definition) is 8. The first kappa shape index (κ1) is 21.0. The number of ether oxygens (including phenoxy) is 2. The molecule has 3 heterocycles. The van der Waals surface area contributed by atoms with E-state index in [4.69, 9.17) is 15.2 Å². The molecular weight excluding hydrogens is 372 g/mol. The van der Waals surface area contributed by atoms with Gasteiger partial charge in [-0.1, -0.05) is 33.8 Å². The standard InChI is InChI=1S/C20H30N6O3/c1-7-12-13(9-28-14(27)8-11(2)3)29-18(20(12,4)5)26-10-23-15-16(22-6)24-19(21)25-17(15)26/h7,10-13,18H,1,8-9H2,2-6H3,(H3,21,22,24,25)/t12-,13-,18-/m1/s1. The third-order valence-corrected chi connectivity index (χ3v) is 5.37. The molecule has 0 aromatic carbocycles. The van der Waals surface area contributed by atoms with Crippen molar-refractivity contribution < 1.29 is 14.3 Å². The Balaban J connectivity index is 1.90. The van der Waals surface area contributed by atoms with E-state index in [1.165, 1.54) is 0 Å². The molecule has 1 aliphatic heterocycles. The summed E-state index contributed by atoms with van der Waals surface area (Å²) >= 11 is 0. The fourth-order valence-electron chi connectivity index (χ4n) is 3.94. The first-order valence-electron chi connectivity index (χ1n) is 9.80. The zero-order chi connectivity index (χ0) is 21.3. The molecule has 0 spiro atoms. The van der Waals surface area contributed by atoms with Crippen LogP contribution in [0.25, 0.3) is 11.2 Å². The van der Waals surface area contributed by atoms with Crippen LogP contribution < -0.4 is 11.1 Å². The molecule has 0 amide bonds. The Labute approximate surface area is 170 Å². The molecule has 2 aromatic heterocycles. The number of nitrogens with zero attached hydrogens (tertiary/aromatic N) is 4. The van der Waals surface area contributed by atoms with Gasteiger partial charge in [-0.3, -0.25) is 9.36 Å². The van der Waals surface area contributed by atoms with Crippen LogP contribution in [0.15, 0.2) is 19.0 Å². The normalized spacial score (nSPS) is 23.4. The Kier molecular flexibility index (Phi) is 5.79. The lowest BCUT2D eigenvalue weighted by molar-refractivity contribution is -0.149. The molecule has 1 saturated heterocycles. The summed E-state index contributed by atoms with van der Waals surface area (Å²) in [7, 11) is 1.76. The van der Waals surface area contributed by atoms with Crippen LogP contribution in [-0.4, -0.2) is 45.2 Å². The van der Waals surface area contributed by atoms with Gasteiger partial charge in [0, 0.05) is 24.8 Å². The van der Waals surface area contributed by atoms with Crippen molar-refractivity contribution in [3.8, 4) is 0 Å². The zero-order valence-corrected chi connectivity index (χ0v) is 17.7. The third-order valence-electron chi connectivity index (χ3n) is 5.37. The molecule has 1 aliphatic rings. The van der Waals surface area contributed by atoms with Crippen molar-refractivity contribution in [2.24, 2.45) is 17.3 Å². The molecule has 0 aliphatic carbocycles. The van der Waals surface area contributed by atoms with Gasteiger partial charge in [0.1, 0.15) is 18.9 Å². The van der Waals surface area contributed by atoms with Crippen molar-refractivity contribution in [3.05, 3.63) is 19.0 Å². The van der Waals surface area contributed by atoms with Crippen LogP contribution in [0.1, 0.15) is 40.3 Å². The fraction of sp³-hybridized carbons (Fsp3) is 0.600. The van der Waals surface area contributed by atoms with E-state index in [2.05, 4.69) is 40.7 Å². The molecular formula is C20H30N6O3. The lowest BCUT2D eigenvalue weighted by atomic mass is 9.77. The summed E-state index contributed by atoms with van der Waals surface area (Å²) in [6.07, 6.45) is 3.22. The minimum Gasteiger partial charge on any atom is -0.463 e. The second kappa shape index (κ2) is 7.98. The quantitative estimate of drug-likeness (QED) is 0.536. The second-order valence-corrected chi connectivity index (χ2v) is 8.40. The molecule has 0 saturated carbocycles. The average Bonchev–Trinajstić information content (AvgIpc) is 3.15. The molecule has 9 heteroatoms. The highest BCUT2D eigenvalue weighted by Gasteiger charge is 2.50. The van der Waals surface area contributed by atoms with Crippen LogP contribution in [0.2, 0.25) is 0 Å². The van der Waals surface area contributed by atoms with E-state index in [-0.39, 0.29) is 48.1 Å². The van der Waals surface area contributed by atoms with E-state index in [0.29, 0.717) is 23.4 Å². The van der Waals surface area contributed by atoms with Crippen molar-refractivity contribution in [2.75, 3.05) is 24.7 Å². The van der Waals surface area contributed by atoms with Crippen LogP contribution in [0.3, 0.4) is 0 Å². The van der Waals surface area contributed by atoms with E-state index in [1.54, 1.807) is 13.4 Å². The lowest BCUT2D eigenvalue weighted by Gasteiger charge is -2.30. The number of imidazole rings is 1. The summed E-state index contributed by atoms with van der Waals surface area (Å²) in [5.41, 5.74) is 6.73. The third kappa shape index (κ3) is 3.91. The molecule has 0 bridgehead atoms. The number of fused-ring (bicyclic) bond motifs is 1. The van der Waals surface area contributed by atoms with Crippen LogP contribution in [-0.2, 0) is 14.3 Å². The highest BCUT2D eigenvalue weighted by molar-refractivity contribution is 5.84. The van der Waals surface area contributed by atoms with E-state index in [0.717, 1.165) is 0 Å². The predicted octanol–water partition coefficient (Wildman–Crippen LogP) is 2.77. The number of nitrogens with two attached hydrogens (primary N) is 1. The number of rotatable bonds is 7. The van der Waals surface area contributed by atoms with Gasteiger partial charge in [-0.05, 0) is 5.92 Å². The summed E-state index contributed by atoms with van der Waals surface area (Å²) < 4.78 is 13.7. The maximum Gasteiger partial charge on any atom is 0.306 e. The largest absolute Gasteiger partial charge is 0.463 e. The summed E-state index contributed by atoms with van der Waals surface area (Å²) in [6.45, 7) is 12.3.